The van der Waals surface area contributed by atoms with Crippen LogP contribution in [0.1, 0.15) is 13.8 Å². The Morgan fingerprint density at radius 2 is 1.73 bits per heavy atom. The van der Waals surface area contributed by atoms with Crippen molar-refractivity contribution in [3.63, 3.8) is 0 Å². The van der Waals surface area contributed by atoms with E-state index in [1.54, 1.807) is 0 Å². The summed E-state index contributed by atoms with van der Waals surface area (Å²) in [6.07, 6.45) is -0.551. The lowest BCUT2D eigenvalue weighted by Gasteiger charge is -2.19. The van der Waals surface area contributed by atoms with E-state index in [-0.39, 0.29) is 5.78 Å². The van der Waals surface area contributed by atoms with Gasteiger partial charge < -0.3 is 10.2 Å². The van der Waals surface area contributed by atoms with Crippen LogP contribution < -0.4 is 0 Å². The van der Waals surface area contributed by atoms with Crippen LogP contribution in [0.4, 0.5) is 0 Å². The van der Waals surface area contributed by atoms with Gasteiger partial charge in [-0.25, -0.2) is 0 Å². The van der Waals surface area contributed by atoms with Gasteiger partial charge in [0.05, 0.1) is 18.1 Å². The second kappa shape index (κ2) is 4.26. The molecule has 0 saturated heterocycles. The first-order chi connectivity index (χ1) is 5.00. The van der Waals surface area contributed by atoms with Gasteiger partial charge in [-0.05, 0) is 19.9 Å². The molecular weight excluding hydrogens is 144 g/mol. The minimum Gasteiger partial charge on any atom is -0.393 e. The minimum atomic E-state index is -0.833. The number of hydrogen-bond acceptors (Lipinski definition) is 3. The van der Waals surface area contributed by atoms with Gasteiger partial charge >= 0.3 is 0 Å². The molecular formula is C8H14O3. The average Bonchev–Trinajstić information content (AvgIpc) is 1.85. The van der Waals surface area contributed by atoms with Crippen LogP contribution in [0.2, 0.25) is 0 Å². The van der Waals surface area contributed by atoms with Crippen molar-refractivity contribution < 1.29 is 15.0 Å². The molecule has 3 heteroatoms. The molecule has 0 heterocycles. The Morgan fingerprint density at radius 3 is 1.82 bits per heavy atom. The summed E-state index contributed by atoms with van der Waals surface area (Å²) in [6, 6.07) is 0. The highest BCUT2D eigenvalue weighted by molar-refractivity contribution is 5.91. The van der Waals surface area contributed by atoms with E-state index >= 15 is 0 Å². The second-order valence-corrected chi connectivity index (χ2v) is 2.61. The Hall–Kier alpha value is -0.670. The maximum absolute atomic E-state index is 11.0. The summed E-state index contributed by atoms with van der Waals surface area (Å²) in [5.41, 5.74) is 0. The molecule has 0 aromatic rings. The highest BCUT2D eigenvalue weighted by atomic mass is 16.3. The van der Waals surface area contributed by atoms with Crippen LogP contribution in [0.25, 0.3) is 0 Å². The molecule has 0 rings (SSSR count). The summed E-state index contributed by atoms with van der Waals surface area (Å²) in [7, 11) is 0. The van der Waals surface area contributed by atoms with Crippen LogP contribution >= 0.6 is 0 Å². The highest BCUT2D eigenvalue weighted by Crippen LogP contribution is 2.10. The summed E-state index contributed by atoms with van der Waals surface area (Å²) < 4.78 is 0. The molecule has 0 aromatic carbocycles. The highest BCUT2D eigenvalue weighted by Gasteiger charge is 2.25. The fourth-order valence-corrected chi connectivity index (χ4v) is 1.01. The third-order valence-corrected chi connectivity index (χ3v) is 1.57. The topological polar surface area (TPSA) is 57.5 Å². The molecule has 0 aliphatic carbocycles. The standard InChI is InChI=1S/C8H14O3/c1-4-7(11)8(5(2)9)6(3)10/h4-6,8-10H,1H2,2-3H3. The molecule has 0 aromatic heterocycles. The van der Waals surface area contributed by atoms with Crippen molar-refractivity contribution in [3.05, 3.63) is 12.7 Å². The van der Waals surface area contributed by atoms with E-state index < -0.39 is 18.1 Å². The molecule has 2 N–H and O–H groups in total. The Balaban J connectivity index is 4.33. The average molecular weight is 158 g/mol. The van der Waals surface area contributed by atoms with E-state index in [1.165, 1.54) is 13.8 Å². The lowest BCUT2D eigenvalue weighted by molar-refractivity contribution is -0.125. The van der Waals surface area contributed by atoms with Crippen LogP contribution in [0.15, 0.2) is 12.7 Å². The van der Waals surface area contributed by atoms with E-state index in [1.807, 2.05) is 0 Å². The fraction of sp³-hybridized carbons (Fsp3) is 0.625. The number of ketones is 1. The van der Waals surface area contributed by atoms with E-state index in [0.29, 0.717) is 0 Å². The SMILES string of the molecule is C=CC(=O)C(C(C)O)C(C)O. The predicted octanol–water partition coefficient (Wildman–Crippen LogP) is 0.119. The Morgan fingerprint density at radius 1 is 1.36 bits per heavy atom. The van der Waals surface area contributed by atoms with Gasteiger partial charge in [0.2, 0.25) is 0 Å². The van der Waals surface area contributed by atoms with E-state index in [2.05, 4.69) is 6.58 Å². The van der Waals surface area contributed by atoms with Crippen molar-refractivity contribution in [1.29, 1.82) is 0 Å². The first-order valence-corrected chi connectivity index (χ1v) is 3.53. The molecule has 0 aliphatic rings. The van der Waals surface area contributed by atoms with Crippen LogP contribution in [-0.4, -0.2) is 28.2 Å². The summed E-state index contributed by atoms with van der Waals surface area (Å²) in [5, 5.41) is 18.1. The van der Waals surface area contributed by atoms with E-state index in [0.717, 1.165) is 6.08 Å². The van der Waals surface area contributed by atoms with Gasteiger partial charge in [0.15, 0.2) is 5.78 Å². The fourth-order valence-electron chi connectivity index (χ4n) is 1.01. The van der Waals surface area contributed by atoms with Crippen molar-refractivity contribution >= 4 is 5.78 Å². The maximum atomic E-state index is 11.0. The molecule has 11 heavy (non-hydrogen) atoms. The third-order valence-electron chi connectivity index (χ3n) is 1.57. The zero-order valence-corrected chi connectivity index (χ0v) is 6.82. The van der Waals surface area contributed by atoms with Gasteiger partial charge in [-0.1, -0.05) is 6.58 Å². The first kappa shape index (κ1) is 10.3. The molecule has 0 spiro atoms. The van der Waals surface area contributed by atoms with Gasteiger partial charge in [0.1, 0.15) is 0 Å². The molecule has 64 valence electrons. The number of aliphatic hydroxyl groups is 2. The summed E-state index contributed by atoms with van der Waals surface area (Å²) in [4.78, 5) is 11.0. The number of carbonyl (C=O) groups is 1. The third kappa shape index (κ3) is 2.82. The summed E-state index contributed by atoms with van der Waals surface area (Å²) >= 11 is 0. The molecule has 0 fully saturated rings. The van der Waals surface area contributed by atoms with Crippen molar-refractivity contribution in [1.82, 2.24) is 0 Å². The van der Waals surface area contributed by atoms with Crippen molar-refractivity contribution in [3.8, 4) is 0 Å². The molecule has 2 unspecified atom stereocenters. The Bertz CT molecular complexity index is 141. The molecule has 0 aliphatic heterocycles. The number of allylic oxidation sites excluding steroid dienone is 1. The van der Waals surface area contributed by atoms with Gasteiger partial charge in [0, 0.05) is 0 Å². The van der Waals surface area contributed by atoms with E-state index in [4.69, 9.17) is 10.2 Å². The normalized spacial score (nSPS) is 18.5. The van der Waals surface area contributed by atoms with Crippen LogP contribution in [0, 0.1) is 5.92 Å². The van der Waals surface area contributed by atoms with Gasteiger partial charge in [-0.2, -0.15) is 0 Å². The monoisotopic (exact) mass is 158 g/mol. The maximum Gasteiger partial charge on any atom is 0.163 e. The molecule has 0 bridgehead atoms. The van der Waals surface area contributed by atoms with Gasteiger partial charge in [-0.3, -0.25) is 4.79 Å². The predicted molar refractivity (Wildman–Crippen MR) is 42.1 cm³/mol. The number of rotatable bonds is 4. The van der Waals surface area contributed by atoms with Crippen LogP contribution in [0.5, 0.6) is 0 Å². The van der Waals surface area contributed by atoms with Crippen molar-refractivity contribution in [2.45, 2.75) is 26.1 Å². The van der Waals surface area contributed by atoms with E-state index in [9.17, 15) is 4.79 Å². The molecule has 3 nitrogen and oxygen atoms in total. The number of hydrogen-bond donors (Lipinski definition) is 2. The second-order valence-electron chi connectivity index (χ2n) is 2.61. The number of aliphatic hydroxyl groups excluding tert-OH is 2. The zero-order valence-electron chi connectivity index (χ0n) is 6.82. The van der Waals surface area contributed by atoms with Crippen LogP contribution in [-0.2, 0) is 4.79 Å². The van der Waals surface area contributed by atoms with Gasteiger partial charge in [0.25, 0.3) is 0 Å². The lowest BCUT2D eigenvalue weighted by atomic mass is 9.93. The molecule has 2 atom stereocenters. The van der Waals surface area contributed by atoms with Gasteiger partial charge in [-0.15, -0.1) is 0 Å². The summed E-state index contributed by atoms with van der Waals surface area (Å²) in [5.74, 6) is -1.07. The summed E-state index contributed by atoms with van der Waals surface area (Å²) in [6.45, 7) is 6.22. The Kier molecular flexibility index (Phi) is 4.00. The largest absolute Gasteiger partial charge is 0.393 e. The molecule has 0 amide bonds. The minimum absolute atomic E-state index is 0.324. The zero-order chi connectivity index (χ0) is 9.02. The molecule has 0 saturated carbocycles. The smallest absolute Gasteiger partial charge is 0.163 e. The van der Waals surface area contributed by atoms with Crippen LogP contribution in [0.3, 0.4) is 0 Å². The number of carbonyl (C=O) groups excluding carboxylic acids is 1. The lowest BCUT2D eigenvalue weighted by Crippen LogP contribution is -2.33. The first-order valence-electron chi connectivity index (χ1n) is 3.53. The van der Waals surface area contributed by atoms with Crippen molar-refractivity contribution in [2.75, 3.05) is 0 Å². The van der Waals surface area contributed by atoms with Crippen molar-refractivity contribution in [2.24, 2.45) is 5.92 Å². The molecule has 0 radical (unpaired) electrons. The quantitative estimate of drug-likeness (QED) is 0.571. The Labute approximate surface area is 66.4 Å².